The molecule has 1 heterocycles. The summed E-state index contributed by atoms with van der Waals surface area (Å²) in [5, 5.41) is 10.5. The van der Waals surface area contributed by atoms with Crippen LogP contribution in [-0.2, 0) is 16.4 Å². The van der Waals surface area contributed by atoms with Gasteiger partial charge in [0.25, 0.3) is 0 Å². The number of aromatic nitrogens is 2. The molecule has 0 fully saturated rings. The number of hydrogen-bond donors (Lipinski definition) is 2. The maximum atomic E-state index is 13.1. The van der Waals surface area contributed by atoms with E-state index in [1.807, 2.05) is 33.8 Å². The molecule has 0 atom stereocenters. The van der Waals surface area contributed by atoms with Gasteiger partial charge >= 0.3 is 12.2 Å². The second-order valence-electron chi connectivity index (χ2n) is 9.86. The number of urea groups is 1. The van der Waals surface area contributed by atoms with Gasteiger partial charge in [-0.15, -0.1) is 0 Å². The topological polar surface area (TPSA) is 79.3 Å². The fourth-order valence-electron chi connectivity index (χ4n) is 3.55. The van der Waals surface area contributed by atoms with Gasteiger partial charge in [0, 0.05) is 23.7 Å². The van der Waals surface area contributed by atoms with Crippen LogP contribution in [0.25, 0.3) is 5.69 Å². The Morgan fingerprint density at radius 1 is 1.03 bits per heavy atom. The molecule has 0 aliphatic rings. The lowest BCUT2D eigenvalue weighted by molar-refractivity contribution is -0.137. The van der Waals surface area contributed by atoms with Gasteiger partial charge in [-0.05, 0) is 42.8 Å². The number of halogens is 4. The Morgan fingerprint density at radius 2 is 1.68 bits per heavy atom. The lowest BCUT2D eigenvalue weighted by Crippen LogP contribution is -2.41. The van der Waals surface area contributed by atoms with Gasteiger partial charge in [-0.1, -0.05) is 57.8 Å². The van der Waals surface area contributed by atoms with Crippen LogP contribution in [0.2, 0.25) is 5.02 Å². The highest BCUT2D eigenvalue weighted by atomic mass is 35.5. The summed E-state index contributed by atoms with van der Waals surface area (Å²) in [6, 6.07) is 12.4. The average molecular weight is 550 g/mol. The van der Waals surface area contributed by atoms with E-state index in [-0.39, 0.29) is 24.2 Å². The number of unbranched alkanes of at least 4 members (excludes halogenated alkanes) is 1. The Kier molecular flexibility index (Phi) is 9.09. The van der Waals surface area contributed by atoms with Gasteiger partial charge in [-0.2, -0.15) is 18.3 Å². The van der Waals surface area contributed by atoms with Gasteiger partial charge in [0.2, 0.25) is 5.91 Å². The number of rotatable bonds is 8. The van der Waals surface area contributed by atoms with Crippen molar-refractivity contribution in [2.45, 2.75) is 52.1 Å². The second kappa shape index (κ2) is 11.9. The van der Waals surface area contributed by atoms with Crippen molar-refractivity contribution in [3.63, 3.8) is 0 Å². The number of nitrogens with zero attached hydrogens (tertiary/aromatic N) is 3. The summed E-state index contributed by atoms with van der Waals surface area (Å²) in [5.41, 5.74) is 0.387. The summed E-state index contributed by atoms with van der Waals surface area (Å²) in [6.45, 7) is 7.95. The van der Waals surface area contributed by atoms with Crippen LogP contribution in [0.1, 0.15) is 51.8 Å². The molecule has 11 heteroatoms. The molecule has 2 aromatic carbocycles. The minimum Gasteiger partial charge on any atom is -0.315 e. The number of benzene rings is 2. The first-order valence-electron chi connectivity index (χ1n) is 12.2. The number of nitrogens with one attached hydrogen (secondary N) is 2. The molecule has 0 aliphatic carbocycles. The Bertz CT molecular complexity index is 1270. The molecule has 0 unspecified atom stereocenters. The van der Waals surface area contributed by atoms with Gasteiger partial charge in [0.05, 0.1) is 22.0 Å². The van der Waals surface area contributed by atoms with E-state index in [0.717, 1.165) is 24.2 Å². The van der Waals surface area contributed by atoms with Crippen molar-refractivity contribution in [2.24, 2.45) is 0 Å². The molecule has 38 heavy (non-hydrogen) atoms. The maximum Gasteiger partial charge on any atom is 0.416 e. The van der Waals surface area contributed by atoms with Gasteiger partial charge in [0.1, 0.15) is 12.4 Å². The first-order chi connectivity index (χ1) is 17.8. The van der Waals surface area contributed by atoms with Crippen LogP contribution < -0.4 is 10.6 Å². The molecule has 204 valence electrons. The number of carbonyl (C=O) groups excluding carboxylic acids is 2. The zero-order valence-electron chi connectivity index (χ0n) is 21.7. The Balaban J connectivity index is 1.79. The number of anilines is 2. The molecule has 2 N–H and O–H groups in total. The Labute approximate surface area is 225 Å². The van der Waals surface area contributed by atoms with Crippen molar-refractivity contribution < 1.29 is 22.8 Å². The molecule has 0 saturated heterocycles. The highest BCUT2D eigenvalue weighted by Crippen LogP contribution is 2.30. The summed E-state index contributed by atoms with van der Waals surface area (Å²) in [7, 11) is 0. The van der Waals surface area contributed by atoms with Gasteiger partial charge in [-0.25, -0.2) is 9.48 Å². The van der Waals surface area contributed by atoms with Crippen molar-refractivity contribution in [1.82, 2.24) is 14.7 Å². The van der Waals surface area contributed by atoms with E-state index in [1.54, 1.807) is 28.9 Å². The molecule has 0 saturated carbocycles. The van der Waals surface area contributed by atoms with E-state index >= 15 is 0 Å². The summed E-state index contributed by atoms with van der Waals surface area (Å²) in [6.07, 6.45) is -3.06. The van der Waals surface area contributed by atoms with Crippen molar-refractivity contribution >= 4 is 35.0 Å². The Morgan fingerprint density at radius 3 is 2.26 bits per heavy atom. The zero-order chi connectivity index (χ0) is 28.1. The van der Waals surface area contributed by atoms with Crippen LogP contribution in [-0.4, -0.2) is 39.7 Å². The summed E-state index contributed by atoms with van der Waals surface area (Å²) in [5.74, 6) is -0.0658. The summed E-state index contributed by atoms with van der Waals surface area (Å²) >= 11 is 6.39. The third-order valence-corrected chi connectivity index (χ3v) is 6.01. The van der Waals surface area contributed by atoms with E-state index < -0.39 is 23.7 Å². The molecule has 3 rings (SSSR count). The number of carbonyl (C=O) groups is 2. The fourth-order valence-corrected chi connectivity index (χ4v) is 3.76. The van der Waals surface area contributed by atoms with Crippen LogP contribution in [0.15, 0.2) is 54.6 Å². The molecule has 1 aromatic heterocycles. The first kappa shape index (κ1) is 29.0. The van der Waals surface area contributed by atoms with E-state index in [4.69, 9.17) is 11.6 Å². The van der Waals surface area contributed by atoms with Crippen molar-refractivity contribution in [3.05, 3.63) is 70.9 Å². The largest absolute Gasteiger partial charge is 0.416 e. The molecule has 3 amide bonds. The van der Waals surface area contributed by atoms with Crippen LogP contribution in [0.4, 0.5) is 29.5 Å². The van der Waals surface area contributed by atoms with Gasteiger partial charge in [0.15, 0.2) is 0 Å². The van der Waals surface area contributed by atoms with Crippen LogP contribution >= 0.6 is 11.6 Å². The number of hydrogen-bond acceptors (Lipinski definition) is 3. The van der Waals surface area contributed by atoms with Crippen molar-refractivity contribution in [3.8, 4) is 5.69 Å². The molecule has 7 nitrogen and oxygen atoms in total. The summed E-state index contributed by atoms with van der Waals surface area (Å²) in [4.78, 5) is 27.3. The minimum atomic E-state index is -4.48. The molecular formula is C27H31ClF3N5O2. The average Bonchev–Trinajstić information content (AvgIpc) is 3.25. The summed E-state index contributed by atoms with van der Waals surface area (Å²) < 4.78 is 40.1. The lowest BCUT2D eigenvalue weighted by atomic mass is 9.92. The molecule has 0 bridgehead atoms. The van der Waals surface area contributed by atoms with E-state index in [0.29, 0.717) is 22.9 Å². The molecule has 0 aliphatic heterocycles. The predicted molar refractivity (Wildman–Crippen MR) is 143 cm³/mol. The minimum absolute atomic E-state index is 0.191. The fraction of sp³-hybridized carbons (Fsp3) is 0.370. The van der Waals surface area contributed by atoms with Crippen LogP contribution in [0, 0.1) is 0 Å². The number of amides is 3. The zero-order valence-corrected chi connectivity index (χ0v) is 22.5. The van der Waals surface area contributed by atoms with Crippen LogP contribution in [0.3, 0.4) is 0 Å². The number of para-hydroxylation sites is 1. The van der Waals surface area contributed by atoms with E-state index in [9.17, 15) is 22.8 Å². The molecule has 3 aromatic rings. The normalized spacial score (nSPS) is 11.8. The molecule has 0 radical (unpaired) electrons. The second-order valence-corrected chi connectivity index (χ2v) is 10.3. The maximum absolute atomic E-state index is 13.1. The highest BCUT2D eigenvalue weighted by Gasteiger charge is 2.30. The van der Waals surface area contributed by atoms with Crippen molar-refractivity contribution in [1.29, 1.82) is 0 Å². The van der Waals surface area contributed by atoms with Gasteiger partial charge < -0.3 is 15.5 Å². The standard InChI is InChI=1S/C27H31ClF3N5O2/c1-5-6-15-35(25(38)32-19-13-11-18(12-14-19)27(29,30)31)17-24(37)33-23-16-22(26(2,3)4)34-36(23)21-10-8-7-9-20(21)28/h7-14,16H,5-6,15,17H2,1-4H3,(H,32,38)(H,33,37). The van der Waals surface area contributed by atoms with E-state index in [1.165, 1.54) is 17.0 Å². The smallest absolute Gasteiger partial charge is 0.315 e. The third-order valence-electron chi connectivity index (χ3n) is 5.69. The predicted octanol–water partition coefficient (Wildman–Crippen LogP) is 7.11. The Hall–Kier alpha value is -3.53. The van der Waals surface area contributed by atoms with Crippen molar-refractivity contribution in [2.75, 3.05) is 23.7 Å². The lowest BCUT2D eigenvalue weighted by Gasteiger charge is -2.23. The monoisotopic (exact) mass is 549 g/mol. The van der Waals surface area contributed by atoms with Gasteiger partial charge in [-0.3, -0.25) is 4.79 Å². The van der Waals surface area contributed by atoms with E-state index in [2.05, 4.69) is 15.7 Å². The molecule has 0 spiro atoms. The highest BCUT2D eigenvalue weighted by molar-refractivity contribution is 6.32. The third kappa shape index (κ3) is 7.50. The quantitative estimate of drug-likeness (QED) is 0.314. The number of alkyl halides is 3. The van der Waals surface area contributed by atoms with Crippen LogP contribution in [0.5, 0.6) is 0 Å². The molecular weight excluding hydrogens is 519 g/mol. The first-order valence-corrected chi connectivity index (χ1v) is 12.6. The SMILES string of the molecule is CCCCN(CC(=O)Nc1cc(C(C)(C)C)nn1-c1ccccc1Cl)C(=O)Nc1ccc(C(F)(F)F)cc1.